The van der Waals surface area contributed by atoms with E-state index >= 15 is 0 Å². The monoisotopic (exact) mass is 293 g/mol. The lowest BCUT2D eigenvalue weighted by atomic mass is 9.99. The first-order valence-corrected chi connectivity index (χ1v) is 6.64. The van der Waals surface area contributed by atoms with Gasteiger partial charge in [-0.3, -0.25) is 0 Å². The molecule has 5 heteroatoms. The number of aliphatic hydroxyl groups is 1. The number of rotatable bonds is 6. The maximum Gasteiger partial charge on any atom is 0.387 e. The van der Waals surface area contributed by atoms with Gasteiger partial charge in [0.05, 0.1) is 0 Å². The fourth-order valence-electron chi connectivity index (χ4n) is 2.10. The van der Waals surface area contributed by atoms with Crippen LogP contribution in [0.25, 0.3) is 11.1 Å². The van der Waals surface area contributed by atoms with E-state index in [0.717, 1.165) is 16.7 Å². The number of alkyl halides is 2. The van der Waals surface area contributed by atoms with Crippen molar-refractivity contribution in [2.24, 2.45) is 0 Å². The number of halogens is 2. The van der Waals surface area contributed by atoms with Crippen molar-refractivity contribution in [3.8, 4) is 16.9 Å². The summed E-state index contributed by atoms with van der Waals surface area (Å²) in [6.07, 6.45) is 1.34. The molecule has 0 bridgehead atoms. The van der Waals surface area contributed by atoms with Crippen LogP contribution in [0.5, 0.6) is 5.75 Å². The standard InChI is InChI=1S/C16H17F2NO2/c17-16(18)21-14-6-3-11(4-7-14)12-5-8-15(19)13(10-12)2-1-9-20/h3-8,10,16,20H,1-2,9,19H2. The Hall–Kier alpha value is -2.14. The number of aliphatic hydroxyl groups excluding tert-OH is 1. The lowest BCUT2D eigenvalue weighted by Gasteiger charge is -2.09. The van der Waals surface area contributed by atoms with Crippen molar-refractivity contribution in [2.45, 2.75) is 19.5 Å². The van der Waals surface area contributed by atoms with Crippen molar-refractivity contribution < 1.29 is 18.6 Å². The van der Waals surface area contributed by atoms with Gasteiger partial charge in [-0.15, -0.1) is 0 Å². The minimum absolute atomic E-state index is 0.114. The molecule has 112 valence electrons. The minimum Gasteiger partial charge on any atom is -0.435 e. The van der Waals surface area contributed by atoms with Gasteiger partial charge in [0.1, 0.15) is 5.75 Å². The van der Waals surface area contributed by atoms with Gasteiger partial charge in [-0.05, 0) is 53.8 Å². The molecule has 0 aromatic heterocycles. The third-order valence-corrected chi connectivity index (χ3v) is 3.16. The Labute approximate surface area is 122 Å². The van der Waals surface area contributed by atoms with Gasteiger partial charge in [-0.25, -0.2) is 0 Å². The van der Waals surface area contributed by atoms with Crippen molar-refractivity contribution in [1.82, 2.24) is 0 Å². The summed E-state index contributed by atoms with van der Waals surface area (Å²) in [5.41, 5.74) is 9.39. The molecule has 0 saturated heterocycles. The summed E-state index contributed by atoms with van der Waals surface area (Å²) in [5, 5.41) is 8.89. The molecule has 2 aromatic rings. The summed E-state index contributed by atoms with van der Waals surface area (Å²) in [6.45, 7) is -2.71. The van der Waals surface area contributed by atoms with E-state index in [2.05, 4.69) is 4.74 Å². The van der Waals surface area contributed by atoms with Crippen molar-refractivity contribution in [3.63, 3.8) is 0 Å². The van der Waals surface area contributed by atoms with Gasteiger partial charge >= 0.3 is 6.61 Å². The zero-order valence-electron chi connectivity index (χ0n) is 11.4. The smallest absolute Gasteiger partial charge is 0.387 e. The summed E-state index contributed by atoms with van der Waals surface area (Å²) in [5.74, 6) is 0.129. The Morgan fingerprint density at radius 3 is 2.33 bits per heavy atom. The average molecular weight is 293 g/mol. The molecule has 0 radical (unpaired) electrons. The number of benzene rings is 2. The topological polar surface area (TPSA) is 55.5 Å². The molecule has 2 rings (SSSR count). The first-order chi connectivity index (χ1) is 10.1. The average Bonchev–Trinajstić information content (AvgIpc) is 2.47. The van der Waals surface area contributed by atoms with Crippen LogP contribution in [0.15, 0.2) is 42.5 Å². The number of anilines is 1. The highest BCUT2D eigenvalue weighted by Crippen LogP contribution is 2.26. The van der Waals surface area contributed by atoms with Gasteiger partial charge in [0.25, 0.3) is 0 Å². The molecule has 0 aliphatic carbocycles. The van der Waals surface area contributed by atoms with Crippen molar-refractivity contribution in [1.29, 1.82) is 0 Å². The maximum atomic E-state index is 12.1. The number of aryl methyl sites for hydroxylation is 1. The van der Waals surface area contributed by atoms with Gasteiger partial charge < -0.3 is 15.6 Å². The molecule has 0 saturated carbocycles. The highest BCUT2D eigenvalue weighted by molar-refractivity contribution is 5.68. The second kappa shape index (κ2) is 7.04. The second-order valence-electron chi connectivity index (χ2n) is 4.64. The Kier molecular flexibility index (Phi) is 5.11. The van der Waals surface area contributed by atoms with E-state index in [9.17, 15) is 8.78 Å². The number of hydrogen-bond donors (Lipinski definition) is 2. The third-order valence-electron chi connectivity index (χ3n) is 3.16. The van der Waals surface area contributed by atoms with Crippen LogP contribution in [0.3, 0.4) is 0 Å². The van der Waals surface area contributed by atoms with Gasteiger partial charge in [-0.1, -0.05) is 18.2 Å². The number of hydrogen-bond acceptors (Lipinski definition) is 3. The predicted octanol–water partition coefficient (Wildman–Crippen LogP) is 3.46. The van der Waals surface area contributed by atoms with E-state index in [-0.39, 0.29) is 12.4 Å². The molecule has 0 heterocycles. The van der Waals surface area contributed by atoms with Crippen LogP contribution in [0.2, 0.25) is 0 Å². The highest BCUT2D eigenvalue weighted by atomic mass is 19.3. The van der Waals surface area contributed by atoms with Crippen molar-refractivity contribution >= 4 is 5.69 Å². The van der Waals surface area contributed by atoms with E-state index in [4.69, 9.17) is 10.8 Å². The molecule has 21 heavy (non-hydrogen) atoms. The largest absolute Gasteiger partial charge is 0.435 e. The third kappa shape index (κ3) is 4.16. The Morgan fingerprint density at radius 1 is 1.05 bits per heavy atom. The molecule has 0 spiro atoms. The first-order valence-electron chi connectivity index (χ1n) is 6.64. The molecule has 0 aliphatic heterocycles. The molecular formula is C16H17F2NO2. The van der Waals surface area contributed by atoms with E-state index < -0.39 is 6.61 Å². The molecule has 0 aliphatic rings. The fourth-order valence-corrected chi connectivity index (χ4v) is 2.10. The number of nitrogens with two attached hydrogens (primary N) is 1. The summed E-state index contributed by atoms with van der Waals surface area (Å²) < 4.78 is 28.5. The van der Waals surface area contributed by atoms with E-state index in [1.165, 1.54) is 12.1 Å². The summed E-state index contributed by atoms with van der Waals surface area (Å²) >= 11 is 0. The molecule has 0 fully saturated rings. The number of nitrogen functional groups attached to an aromatic ring is 1. The minimum atomic E-state index is -2.82. The maximum absolute atomic E-state index is 12.1. The van der Waals surface area contributed by atoms with Gasteiger partial charge in [0, 0.05) is 12.3 Å². The SMILES string of the molecule is Nc1ccc(-c2ccc(OC(F)F)cc2)cc1CCCO. The number of ether oxygens (including phenoxy) is 1. The van der Waals surface area contributed by atoms with Gasteiger partial charge in [0.15, 0.2) is 0 Å². The molecule has 3 N–H and O–H groups in total. The molecule has 0 amide bonds. The first kappa shape index (κ1) is 15.3. The van der Waals surface area contributed by atoms with Crippen LogP contribution in [0, 0.1) is 0 Å². The zero-order chi connectivity index (χ0) is 15.2. The summed E-state index contributed by atoms with van der Waals surface area (Å²) in [7, 11) is 0. The molecule has 2 aromatic carbocycles. The summed E-state index contributed by atoms with van der Waals surface area (Å²) in [6, 6.07) is 12.1. The lowest BCUT2D eigenvalue weighted by molar-refractivity contribution is -0.0498. The van der Waals surface area contributed by atoms with Crippen LogP contribution < -0.4 is 10.5 Å². The Morgan fingerprint density at radius 2 is 1.71 bits per heavy atom. The van der Waals surface area contributed by atoms with Crippen molar-refractivity contribution in [2.75, 3.05) is 12.3 Å². The Bertz CT molecular complexity index is 585. The van der Waals surface area contributed by atoms with Crippen molar-refractivity contribution in [3.05, 3.63) is 48.0 Å². The normalized spacial score (nSPS) is 10.9. The molecular weight excluding hydrogens is 276 g/mol. The highest BCUT2D eigenvalue weighted by Gasteiger charge is 2.06. The second-order valence-corrected chi connectivity index (χ2v) is 4.64. The Balaban J connectivity index is 2.21. The van der Waals surface area contributed by atoms with Crippen LogP contribution in [-0.4, -0.2) is 18.3 Å². The van der Waals surface area contributed by atoms with E-state index in [0.29, 0.717) is 18.5 Å². The van der Waals surface area contributed by atoms with Gasteiger partial charge in [-0.2, -0.15) is 8.78 Å². The lowest BCUT2D eigenvalue weighted by Crippen LogP contribution is -2.01. The summed E-state index contributed by atoms with van der Waals surface area (Å²) in [4.78, 5) is 0. The zero-order valence-corrected chi connectivity index (χ0v) is 11.4. The van der Waals surface area contributed by atoms with Crippen LogP contribution >= 0.6 is 0 Å². The van der Waals surface area contributed by atoms with Crippen LogP contribution in [-0.2, 0) is 6.42 Å². The van der Waals surface area contributed by atoms with Crippen LogP contribution in [0.1, 0.15) is 12.0 Å². The molecule has 0 unspecified atom stereocenters. The molecule has 3 nitrogen and oxygen atoms in total. The molecule has 0 atom stereocenters. The van der Waals surface area contributed by atoms with Crippen LogP contribution in [0.4, 0.5) is 14.5 Å². The quantitative estimate of drug-likeness (QED) is 0.802. The predicted molar refractivity (Wildman–Crippen MR) is 78.3 cm³/mol. The van der Waals surface area contributed by atoms with Gasteiger partial charge in [0.2, 0.25) is 0 Å². The van der Waals surface area contributed by atoms with E-state index in [1.807, 2.05) is 18.2 Å². The fraction of sp³-hybridized carbons (Fsp3) is 0.250. The van der Waals surface area contributed by atoms with E-state index in [1.54, 1.807) is 12.1 Å².